The van der Waals surface area contributed by atoms with Crippen LogP contribution in [0, 0.1) is 0 Å². The van der Waals surface area contributed by atoms with Crippen LogP contribution < -0.4 is 17.8 Å². The van der Waals surface area contributed by atoms with Gasteiger partial charge in [-0.15, -0.1) is 0 Å². The Labute approximate surface area is 113 Å². The Hall–Kier alpha value is 1.48. The third kappa shape index (κ3) is 2.12. The summed E-state index contributed by atoms with van der Waals surface area (Å²) in [7, 11) is 0. The number of fused-ring (bicyclic) bond motifs is 2. The summed E-state index contributed by atoms with van der Waals surface area (Å²) >= 11 is 6.86. The van der Waals surface area contributed by atoms with E-state index in [1.807, 2.05) is 22.7 Å². The molecule has 6 heteroatoms. The molecule has 0 saturated carbocycles. The van der Waals surface area contributed by atoms with Crippen LogP contribution in [-0.2, 0) is 0 Å². The average Bonchev–Trinajstić information content (AvgIpc) is 2.75. The summed E-state index contributed by atoms with van der Waals surface area (Å²) in [6, 6.07) is 0. The fraction of sp³-hybridized carbons (Fsp3) is 0. The van der Waals surface area contributed by atoms with E-state index in [0.717, 1.165) is 52.5 Å². The third-order valence-corrected chi connectivity index (χ3v) is 20.1. The molecule has 0 N–H and O–H groups in total. The molecule has 0 fully saturated rings. The van der Waals surface area contributed by atoms with Gasteiger partial charge in [-0.25, -0.2) is 0 Å². The van der Waals surface area contributed by atoms with Gasteiger partial charge in [-0.05, 0) is 0 Å². The molecule has 3 heterocycles. The molecule has 1 aliphatic rings. The molecule has 2 aromatic rings. The zero-order valence-corrected chi connectivity index (χ0v) is 15.2. The number of rotatable bonds is 0. The van der Waals surface area contributed by atoms with E-state index in [-0.39, 0.29) is 0 Å². The van der Waals surface area contributed by atoms with E-state index in [2.05, 4.69) is 21.5 Å². The fourth-order valence-corrected chi connectivity index (χ4v) is 27.6. The molecular weight excluding hydrogens is 476 g/mol. The van der Waals surface area contributed by atoms with Gasteiger partial charge in [0, 0.05) is 0 Å². The second-order valence-electron chi connectivity index (χ2n) is 2.53. The van der Waals surface area contributed by atoms with Crippen LogP contribution in [0.3, 0.4) is 0 Å². The molecule has 0 unspecified atom stereocenters. The Morgan fingerprint density at radius 1 is 0.571 bits per heavy atom. The molecule has 0 aliphatic carbocycles. The van der Waals surface area contributed by atoms with E-state index in [1.54, 1.807) is 17.8 Å². The van der Waals surface area contributed by atoms with E-state index in [4.69, 9.17) is 0 Å². The predicted octanol–water partition coefficient (Wildman–Crippen LogP) is -1.33. The van der Waals surface area contributed by atoms with Gasteiger partial charge in [-0.1, -0.05) is 0 Å². The van der Waals surface area contributed by atoms with E-state index in [9.17, 15) is 0 Å². The second kappa shape index (κ2) is 4.77. The fourth-order valence-electron chi connectivity index (χ4n) is 0.970. The molecule has 0 amide bonds. The summed E-state index contributed by atoms with van der Waals surface area (Å²) in [4.78, 5) is 0. The normalized spacial score (nSPS) is 15.4. The van der Waals surface area contributed by atoms with Gasteiger partial charge in [0.25, 0.3) is 0 Å². The summed E-state index contributed by atoms with van der Waals surface area (Å²) in [6.07, 6.45) is 0. The van der Waals surface area contributed by atoms with E-state index >= 15 is 0 Å². The van der Waals surface area contributed by atoms with Crippen molar-refractivity contribution >= 4 is 93.0 Å². The van der Waals surface area contributed by atoms with Gasteiger partial charge in [0.15, 0.2) is 0 Å². The van der Waals surface area contributed by atoms with Gasteiger partial charge in [0.05, 0.1) is 0 Å². The van der Waals surface area contributed by atoms with Crippen LogP contribution in [-0.4, -0.2) is 52.5 Å². The average molecular weight is 480 g/mol. The van der Waals surface area contributed by atoms with Crippen molar-refractivity contribution in [1.29, 1.82) is 0 Å². The van der Waals surface area contributed by atoms with Crippen molar-refractivity contribution in [1.82, 2.24) is 0 Å². The van der Waals surface area contributed by atoms with Crippen LogP contribution in [0.4, 0.5) is 0 Å². The van der Waals surface area contributed by atoms with E-state index in [0.29, 0.717) is 0 Å². The van der Waals surface area contributed by atoms with Crippen molar-refractivity contribution in [2.75, 3.05) is 0 Å². The molecule has 0 aromatic carbocycles. The second-order valence-corrected chi connectivity index (χ2v) is 16.4. The molecule has 0 spiro atoms. The molecular formula is C8H4S2Se4. The molecule has 0 saturated heterocycles. The summed E-state index contributed by atoms with van der Waals surface area (Å²) in [5, 5.41) is 9.58. The SMILES string of the molecule is c1scc2c1[Se][Se]c1cscc1[Se][Se]2. The molecule has 2 aromatic heterocycles. The van der Waals surface area contributed by atoms with Crippen molar-refractivity contribution in [2.24, 2.45) is 0 Å². The zero-order chi connectivity index (χ0) is 9.38. The molecule has 0 radical (unpaired) electrons. The molecule has 14 heavy (non-hydrogen) atoms. The van der Waals surface area contributed by atoms with Crippen LogP contribution in [0.2, 0.25) is 0 Å². The summed E-state index contributed by atoms with van der Waals surface area (Å²) in [5.74, 6) is 0. The molecule has 0 bridgehead atoms. The molecule has 0 atom stereocenters. The third-order valence-electron chi connectivity index (χ3n) is 1.63. The standard InChI is InChI=1S/C8H4S2Se4/c1-5-6(2-9-1)12-14-8-4-10-3-7(8)13-11-5/h1-4H. The van der Waals surface area contributed by atoms with Crippen molar-refractivity contribution in [3.05, 3.63) is 21.5 Å². The Morgan fingerprint density at radius 3 is 1.14 bits per heavy atom. The van der Waals surface area contributed by atoms with E-state index < -0.39 is 0 Å². The quantitative estimate of drug-likeness (QED) is 0.411. The van der Waals surface area contributed by atoms with Gasteiger partial charge in [0.2, 0.25) is 0 Å². The van der Waals surface area contributed by atoms with E-state index in [1.165, 1.54) is 0 Å². The van der Waals surface area contributed by atoms with Crippen molar-refractivity contribution in [2.45, 2.75) is 0 Å². The first kappa shape index (κ1) is 10.6. The minimum atomic E-state index is 0.760. The Balaban J connectivity index is 1.96. The van der Waals surface area contributed by atoms with Gasteiger partial charge < -0.3 is 0 Å². The minimum absolute atomic E-state index is 0.760. The Bertz CT molecular complexity index is 368. The first-order valence-electron chi connectivity index (χ1n) is 3.75. The van der Waals surface area contributed by atoms with Gasteiger partial charge >= 0.3 is 115 Å². The van der Waals surface area contributed by atoms with Gasteiger partial charge in [-0.3, -0.25) is 0 Å². The Morgan fingerprint density at radius 2 is 0.857 bits per heavy atom. The monoisotopic (exact) mass is 484 g/mol. The molecule has 72 valence electrons. The van der Waals surface area contributed by atoms with Gasteiger partial charge in [0.1, 0.15) is 0 Å². The molecule has 3 rings (SSSR count). The summed E-state index contributed by atoms with van der Waals surface area (Å²) in [6.45, 7) is 0. The predicted molar refractivity (Wildman–Crippen MR) is 70.2 cm³/mol. The van der Waals surface area contributed by atoms with Crippen LogP contribution in [0.5, 0.6) is 0 Å². The molecule has 0 nitrogen and oxygen atoms in total. The van der Waals surface area contributed by atoms with Crippen LogP contribution in [0.1, 0.15) is 0 Å². The first-order valence-corrected chi connectivity index (χ1v) is 17.7. The number of hydrogen-bond donors (Lipinski definition) is 0. The Kier molecular flexibility index (Phi) is 3.62. The molecule has 1 aliphatic heterocycles. The summed E-state index contributed by atoms with van der Waals surface area (Å²) < 4.78 is 6.89. The summed E-state index contributed by atoms with van der Waals surface area (Å²) in [5.41, 5.74) is 0. The van der Waals surface area contributed by atoms with Crippen molar-refractivity contribution < 1.29 is 0 Å². The van der Waals surface area contributed by atoms with Crippen molar-refractivity contribution in [3.63, 3.8) is 0 Å². The maximum absolute atomic E-state index is 2.40. The number of hydrogen-bond acceptors (Lipinski definition) is 2. The maximum atomic E-state index is 2.40. The first-order chi connectivity index (χ1) is 6.93. The van der Waals surface area contributed by atoms with Gasteiger partial charge in [-0.2, -0.15) is 0 Å². The van der Waals surface area contributed by atoms with Crippen LogP contribution in [0.15, 0.2) is 21.5 Å². The van der Waals surface area contributed by atoms with Crippen LogP contribution >= 0.6 is 22.7 Å². The number of thiophene rings is 2. The topological polar surface area (TPSA) is 0 Å². The van der Waals surface area contributed by atoms with Crippen LogP contribution in [0.25, 0.3) is 0 Å². The zero-order valence-electron chi connectivity index (χ0n) is 6.76. The van der Waals surface area contributed by atoms with Crippen molar-refractivity contribution in [3.8, 4) is 0 Å².